The van der Waals surface area contributed by atoms with Crippen LogP contribution < -0.4 is 20.3 Å². The number of nitrogens with zero attached hydrogens (tertiary/aromatic N) is 8. The van der Waals surface area contributed by atoms with E-state index in [1.165, 1.54) is 23.0 Å². The third kappa shape index (κ3) is 7.61. The van der Waals surface area contributed by atoms with E-state index in [-0.39, 0.29) is 48.0 Å². The molecule has 1 fully saturated rings. The summed E-state index contributed by atoms with van der Waals surface area (Å²) in [5.41, 5.74) is 7.16. The zero-order valence-corrected chi connectivity index (χ0v) is 26.8. The number of hydrogen-bond acceptors (Lipinski definition) is 11. The second kappa shape index (κ2) is 13.2. The van der Waals surface area contributed by atoms with Crippen molar-refractivity contribution < 1.29 is 13.9 Å². The molecular formula is C24H17B14N9O3. The summed E-state index contributed by atoms with van der Waals surface area (Å²) in [5.74, 6) is 0.211. The second-order valence-corrected chi connectivity index (χ2v) is 12.0. The Labute approximate surface area is 309 Å². The lowest BCUT2D eigenvalue weighted by molar-refractivity contribution is 0.00241. The van der Waals surface area contributed by atoms with Gasteiger partial charge in [-0.05, 0) is 40.2 Å². The predicted octanol–water partition coefficient (Wildman–Crippen LogP) is -5.42. The fraction of sp³-hybridized carbons (Fsp3) is 0.417. The number of piperazine rings is 1. The van der Waals surface area contributed by atoms with Crippen LogP contribution >= 0.6 is 0 Å². The van der Waals surface area contributed by atoms with Crippen LogP contribution in [0, 0.1) is 0 Å². The molecule has 28 radical (unpaired) electrons. The second-order valence-electron chi connectivity index (χ2n) is 12.0. The number of benzene rings is 1. The SMILES string of the molecule is [B]C([B])([B])OC([B])([B])C([B])([B])Oc1ccc(N2CCN(C([B])([B])C([B])([B])N(c3cc4nc(-c5ncco5)nn4c(N)n3)C([B])([B])[B])CC2)cc1. The maximum Gasteiger partial charge on any atom is 0.266 e. The number of fused-ring (bicyclic) bond motifs is 1. The van der Waals surface area contributed by atoms with Gasteiger partial charge in [0.2, 0.25) is 11.8 Å². The van der Waals surface area contributed by atoms with Crippen LogP contribution in [0.5, 0.6) is 5.75 Å². The average Bonchev–Trinajstić information content (AvgIpc) is 3.66. The van der Waals surface area contributed by atoms with Crippen molar-refractivity contribution in [2.24, 2.45) is 0 Å². The number of rotatable bonds is 12. The minimum absolute atomic E-state index is 0.0967. The van der Waals surface area contributed by atoms with E-state index >= 15 is 0 Å². The minimum Gasteiger partial charge on any atom is -0.506 e. The molecule has 50 heavy (non-hydrogen) atoms. The van der Waals surface area contributed by atoms with Gasteiger partial charge in [0.25, 0.3) is 5.89 Å². The molecule has 0 amide bonds. The van der Waals surface area contributed by atoms with E-state index < -0.39 is 32.0 Å². The summed E-state index contributed by atoms with van der Waals surface area (Å²) in [5, 5.41) is -9.19. The van der Waals surface area contributed by atoms with Gasteiger partial charge < -0.3 is 34.3 Å². The number of nitrogen functional groups attached to an aromatic ring is 1. The molecule has 4 aromatic rings. The van der Waals surface area contributed by atoms with Crippen LogP contribution in [0.25, 0.3) is 17.4 Å². The van der Waals surface area contributed by atoms with Gasteiger partial charge in [-0.3, -0.25) is 0 Å². The van der Waals surface area contributed by atoms with E-state index in [9.17, 15) is 0 Å². The van der Waals surface area contributed by atoms with Crippen LogP contribution in [0.3, 0.4) is 0 Å². The third-order valence-corrected chi connectivity index (χ3v) is 7.84. The Morgan fingerprint density at radius 2 is 1.42 bits per heavy atom. The molecule has 0 spiro atoms. The molecule has 3 aromatic heterocycles. The number of hydrogen-bond donors (Lipinski definition) is 1. The maximum atomic E-state index is 6.68. The maximum absolute atomic E-state index is 6.68. The molecular weight excluding hydrogens is 614 g/mol. The predicted molar refractivity (Wildman–Crippen MR) is 202 cm³/mol. The van der Waals surface area contributed by atoms with Crippen molar-refractivity contribution in [3.05, 3.63) is 42.8 Å². The normalized spacial score (nSPS) is 15.6. The van der Waals surface area contributed by atoms with E-state index in [2.05, 4.69) is 20.1 Å². The highest BCUT2D eigenvalue weighted by Crippen LogP contribution is 2.34. The van der Waals surface area contributed by atoms with Crippen molar-refractivity contribution in [2.75, 3.05) is 41.7 Å². The van der Waals surface area contributed by atoms with Gasteiger partial charge in [-0.1, -0.05) is 5.24 Å². The lowest BCUT2D eigenvalue weighted by Gasteiger charge is -2.62. The van der Waals surface area contributed by atoms with Gasteiger partial charge in [-0.2, -0.15) is 9.50 Å². The highest BCUT2D eigenvalue weighted by atomic mass is 16.6. The molecule has 0 atom stereocenters. The average molecular weight is 631 g/mol. The van der Waals surface area contributed by atoms with Crippen molar-refractivity contribution in [3.63, 3.8) is 0 Å². The molecule has 0 unspecified atom stereocenters. The van der Waals surface area contributed by atoms with Gasteiger partial charge in [0, 0.05) is 48.7 Å². The molecule has 12 nitrogen and oxygen atoms in total. The van der Waals surface area contributed by atoms with E-state index in [0.29, 0.717) is 13.1 Å². The lowest BCUT2D eigenvalue weighted by Crippen LogP contribution is -2.79. The Morgan fingerprint density at radius 1 is 0.800 bits per heavy atom. The highest BCUT2D eigenvalue weighted by molar-refractivity contribution is 6.64. The Morgan fingerprint density at radius 3 is 1.96 bits per heavy atom. The first-order valence-electron chi connectivity index (χ1n) is 14.7. The molecule has 218 valence electrons. The topological polar surface area (TPSA) is 123 Å². The van der Waals surface area contributed by atoms with E-state index in [1.54, 1.807) is 29.2 Å². The smallest absolute Gasteiger partial charge is 0.266 e. The van der Waals surface area contributed by atoms with Crippen molar-refractivity contribution in [1.29, 1.82) is 0 Å². The van der Waals surface area contributed by atoms with Gasteiger partial charge in [0.05, 0.1) is 84.7 Å². The summed E-state index contributed by atoms with van der Waals surface area (Å²) in [4.78, 5) is 17.3. The van der Waals surface area contributed by atoms with Gasteiger partial charge in [0.15, 0.2) is 5.65 Å². The summed E-state index contributed by atoms with van der Waals surface area (Å²) in [6.45, 7) is 1.37. The molecule has 0 bridgehead atoms. The fourth-order valence-corrected chi connectivity index (χ4v) is 5.29. The van der Waals surface area contributed by atoms with Crippen LogP contribution in [-0.4, -0.2) is 198 Å². The summed E-state index contributed by atoms with van der Waals surface area (Å²) in [6, 6.07) is 8.02. The number of anilines is 3. The Bertz CT molecular complexity index is 1790. The summed E-state index contributed by atoms with van der Waals surface area (Å²) < 4.78 is 17.0. The Kier molecular flexibility index (Phi) is 10.1. The molecule has 5 rings (SSSR count). The number of nitrogens with two attached hydrogens (primary N) is 1. The zero-order chi connectivity index (χ0) is 37.1. The fourth-order valence-electron chi connectivity index (χ4n) is 5.29. The molecule has 1 saturated heterocycles. The van der Waals surface area contributed by atoms with Crippen LogP contribution in [0.1, 0.15) is 0 Å². The summed E-state index contributed by atoms with van der Waals surface area (Å²) in [6.07, 6.45) is 2.79. The van der Waals surface area contributed by atoms with E-state index in [4.69, 9.17) is 129 Å². The van der Waals surface area contributed by atoms with Gasteiger partial charge in [0.1, 0.15) is 49.2 Å². The first-order chi connectivity index (χ1) is 22.9. The lowest BCUT2D eigenvalue weighted by atomic mass is 9.34. The van der Waals surface area contributed by atoms with Crippen LogP contribution in [-0.2, 0) is 4.74 Å². The van der Waals surface area contributed by atoms with Crippen LogP contribution in [0.15, 0.2) is 47.2 Å². The molecule has 2 N–H and O–H groups in total. The molecule has 26 heteroatoms. The molecule has 1 aliphatic rings. The van der Waals surface area contributed by atoms with Gasteiger partial charge >= 0.3 is 0 Å². The third-order valence-electron chi connectivity index (χ3n) is 7.84. The summed E-state index contributed by atoms with van der Waals surface area (Å²) in [7, 11) is 85.0. The van der Waals surface area contributed by atoms with Crippen LogP contribution in [0.2, 0.25) is 0 Å². The van der Waals surface area contributed by atoms with E-state index in [1.807, 2.05) is 4.90 Å². The van der Waals surface area contributed by atoms with Crippen molar-refractivity contribution in [3.8, 4) is 17.5 Å². The molecule has 0 aliphatic carbocycles. The van der Waals surface area contributed by atoms with Crippen LogP contribution in [0.4, 0.5) is 17.5 Å². The first kappa shape index (κ1) is 38.2. The molecule has 0 saturated carbocycles. The summed E-state index contributed by atoms with van der Waals surface area (Å²) >= 11 is 0. The largest absolute Gasteiger partial charge is 0.506 e. The number of ether oxygens (including phenoxy) is 2. The van der Waals surface area contributed by atoms with Gasteiger partial charge in [-0.25, -0.2) is 9.97 Å². The Balaban J connectivity index is 1.31. The molecule has 1 aromatic carbocycles. The zero-order valence-electron chi connectivity index (χ0n) is 26.8. The standard InChI is InChI=1S/C24H17B14N9O3/c25-19(26,20(27,28)47(23(33,34)35)15-11-14-41-16(17-40-5-10-48-17)43-46(14)18(39)42-15)45-8-6-44(7-9-45)12-1-3-13(4-2-12)49-21(29,30)22(31,32)50-24(36,37)38/h1-5,10-11H,6-9H2,(H2,39,42). The molecule has 4 heterocycles. The quantitative estimate of drug-likeness (QED) is 0.151. The number of aromatic nitrogens is 5. The Hall–Kier alpha value is -2.99. The van der Waals surface area contributed by atoms with Crippen molar-refractivity contribution >= 4 is 133 Å². The monoisotopic (exact) mass is 633 g/mol. The molecule has 1 aliphatic heterocycles. The van der Waals surface area contributed by atoms with Gasteiger partial charge in [-0.15, -0.1) is 5.10 Å². The minimum atomic E-state index is -2.38. The first-order valence-corrected chi connectivity index (χ1v) is 14.7. The van der Waals surface area contributed by atoms with Crippen molar-refractivity contribution in [1.82, 2.24) is 29.5 Å². The van der Waals surface area contributed by atoms with E-state index in [0.717, 1.165) is 10.6 Å². The highest BCUT2D eigenvalue weighted by Gasteiger charge is 2.47. The number of oxazole rings is 1. The van der Waals surface area contributed by atoms with Crippen molar-refractivity contribution in [2.45, 2.75) is 32.0 Å².